The number of aliphatic hydroxyl groups excluding tert-OH is 1. The predicted octanol–water partition coefficient (Wildman–Crippen LogP) is 1.83. The standard InChI is InChI=1S/C15H21N5O2/c1-2-3-4-5-22-14-12-13(18-15(16)19-14)20(9-17-12)7-10-6-11(10)8-21/h7,9,11,21H,2-6,8H2,1H3,(H2,16,18,19)/b10-7-. The average molecular weight is 303 g/mol. The number of hydrogen-bond acceptors (Lipinski definition) is 6. The highest BCUT2D eigenvalue weighted by molar-refractivity contribution is 5.79. The van der Waals surface area contributed by atoms with Crippen molar-refractivity contribution in [2.45, 2.75) is 32.6 Å². The van der Waals surface area contributed by atoms with Gasteiger partial charge in [-0.2, -0.15) is 9.97 Å². The maximum atomic E-state index is 9.12. The van der Waals surface area contributed by atoms with Crippen molar-refractivity contribution in [3.63, 3.8) is 0 Å². The fourth-order valence-electron chi connectivity index (χ4n) is 2.37. The van der Waals surface area contributed by atoms with Crippen molar-refractivity contribution in [2.24, 2.45) is 5.92 Å². The van der Waals surface area contributed by atoms with Crippen molar-refractivity contribution < 1.29 is 9.84 Å². The van der Waals surface area contributed by atoms with E-state index in [1.54, 1.807) is 6.33 Å². The number of hydrogen-bond donors (Lipinski definition) is 2. The van der Waals surface area contributed by atoms with Crippen LogP contribution >= 0.6 is 0 Å². The molecule has 0 spiro atoms. The molecule has 2 heterocycles. The summed E-state index contributed by atoms with van der Waals surface area (Å²) in [6.07, 6.45) is 7.77. The molecule has 1 aliphatic rings. The molecular formula is C15H21N5O2. The Hall–Kier alpha value is -2.15. The van der Waals surface area contributed by atoms with Gasteiger partial charge in [-0.25, -0.2) is 4.98 Å². The number of ether oxygens (including phenoxy) is 1. The van der Waals surface area contributed by atoms with Crippen molar-refractivity contribution in [2.75, 3.05) is 18.9 Å². The Morgan fingerprint density at radius 1 is 1.45 bits per heavy atom. The van der Waals surface area contributed by atoms with Crippen LogP contribution in [-0.4, -0.2) is 37.8 Å². The first-order chi connectivity index (χ1) is 10.7. The number of nitrogens with two attached hydrogens (primary N) is 1. The number of anilines is 1. The number of fused-ring (bicyclic) bond motifs is 1. The van der Waals surface area contributed by atoms with Crippen molar-refractivity contribution in [3.05, 3.63) is 11.9 Å². The number of nitrogens with zero attached hydrogens (tertiary/aromatic N) is 4. The molecule has 1 fully saturated rings. The summed E-state index contributed by atoms with van der Waals surface area (Å²) in [4.78, 5) is 12.7. The molecule has 1 unspecified atom stereocenters. The Balaban J connectivity index is 1.85. The minimum absolute atomic E-state index is 0.174. The molecular weight excluding hydrogens is 282 g/mol. The van der Waals surface area contributed by atoms with Gasteiger partial charge >= 0.3 is 0 Å². The molecule has 1 atom stereocenters. The van der Waals surface area contributed by atoms with E-state index in [0.29, 0.717) is 23.7 Å². The van der Waals surface area contributed by atoms with E-state index in [1.165, 1.54) is 5.57 Å². The summed E-state index contributed by atoms with van der Waals surface area (Å²) < 4.78 is 7.53. The van der Waals surface area contributed by atoms with E-state index in [1.807, 2.05) is 10.8 Å². The van der Waals surface area contributed by atoms with Gasteiger partial charge in [-0.15, -0.1) is 0 Å². The summed E-state index contributed by atoms with van der Waals surface area (Å²) in [6, 6.07) is 0. The van der Waals surface area contributed by atoms with Crippen molar-refractivity contribution in [3.8, 4) is 5.88 Å². The highest BCUT2D eigenvalue weighted by Crippen LogP contribution is 2.38. The quantitative estimate of drug-likeness (QED) is 0.757. The Morgan fingerprint density at radius 3 is 3.05 bits per heavy atom. The molecule has 2 aromatic rings. The number of aromatic nitrogens is 4. The van der Waals surface area contributed by atoms with E-state index in [9.17, 15) is 0 Å². The van der Waals surface area contributed by atoms with Gasteiger partial charge in [0.15, 0.2) is 11.2 Å². The second-order valence-corrected chi connectivity index (χ2v) is 5.55. The highest BCUT2D eigenvalue weighted by atomic mass is 16.5. The molecule has 0 amide bonds. The van der Waals surface area contributed by atoms with Crippen LogP contribution in [0, 0.1) is 5.92 Å². The van der Waals surface area contributed by atoms with Gasteiger partial charge < -0.3 is 15.6 Å². The second kappa shape index (κ2) is 6.31. The molecule has 0 saturated heterocycles. The maximum Gasteiger partial charge on any atom is 0.247 e. The molecule has 0 aliphatic heterocycles. The summed E-state index contributed by atoms with van der Waals surface area (Å²) in [7, 11) is 0. The molecule has 0 aromatic carbocycles. The van der Waals surface area contributed by atoms with Gasteiger partial charge in [0.2, 0.25) is 11.8 Å². The smallest absolute Gasteiger partial charge is 0.247 e. The number of unbranched alkanes of at least 4 members (excludes halogenated alkanes) is 2. The maximum absolute atomic E-state index is 9.12. The van der Waals surface area contributed by atoms with Gasteiger partial charge in [-0.3, -0.25) is 4.57 Å². The van der Waals surface area contributed by atoms with Crippen molar-refractivity contribution in [1.29, 1.82) is 0 Å². The van der Waals surface area contributed by atoms with Crippen LogP contribution in [0.2, 0.25) is 0 Å². The lowest BCUT2D eigenvalue weighted by atomic mass is 10.3. The third kappa shape index (κ3) is 3.04. The number of aliphatic hydroxyl groups is 1. The number of nitrogen functional groups attached to an aromatic ring is 1. The monoisotopic (exact) mass is 303 g/mol. The summed E-state index contributed by atoms with van der Waals surface area (Å²) in [5.74, 6) is 0.874. The van der Waals surface area contributed by atoms with Crippen LogP contribution in [0.4, 0.5) is 5.95 Å². The van der Waals surface area contributed by atoms with Crippen LogP contribution in [0.25, 0.3) is 17.4 Å². The third-order valence-electron chi connectivity index (χ3n) is 3.77. The van der Waals surface area contributed by atoms with Gasteiger partial charge in [0.05, 0.1) is 6.61 Å². The van der Waals surface area contributed by atoms with E-state index >= 15 is 0 Å². The first-order valence-corrected chi connectivity index (χ1v) is 7.67. The molecule has 7 nitrogen and oxygen atoms in total. The minimum atomic E-state index is 0.174. The van der Waals surface area contributed by atoms with Gasteiger partial charge in [0.25, 0.3) is 0 Å². The fraction of sp³-hybridized carbons (Fsp3) is 0.533. The molecule has 22 heavy (non-hydrogen) atoms. The molecule has 3 rings (SSSR count). The molecule has 0 radical (unpaired) electrons. The number of imidazole rings is 1. The van der Waals surface area contributed by atoms with Crippen LogP contribution in [0.5, 0.6) is 5.88 Å². The number of rotatable bonds is 7. The predicted molar refractivity (Wildman–Crippen MR) is 84.2 cm³/mol. The van der Waals surface area contributed by atoms with Gasteiger partial charge in [-0.05, 0) is 18.4 Å². The van der Waals surface area contributed by atoms with Crippen LogP contribution in [0.3, 0.4) is 0 Å². The van der Waals surface area contributed by atoms with Crippen LogP contribution < -0.4 is 10.5 Å². The van der Waals surface area contributed by atoms with E-state index in [0.717, 1.165) is 25.7 Å². The summed E-state index contributed by atoms with van der Waals surface area (Å²) in [5, 5.41) is 9.12. The zero-order valence-corrected chi connectivity index (χ0v) is 12.7. The lowest BCUT2D eigenvalue weighted by Gasteiger charge is -2.06. The molecule has 2 aromatic heterocycles. The molecule has 1 saturated carbocycles. The summed E-state index contributed by atoms with van der Waals surface area (Å²) in [6.45, 7) is 2.93. The zero-order chi connectivity index (χ0) is 15.5. The molecule has 3 N–H and O–H groups in total. The Labute approximate surface area is 128 Å². The largest absolute Gasteiger partial charge is 0.476 e. The van der Waals surface area contributed by atoms with Gasteiger partial charge in [0.1, 0.15) is 6.33 Å². The van der Waals surface area contributed by atoms with E-state index in [2.05, 4.69) is 21.9 Å². The first kappa shape index (κ1) is 14.8. The molecule has 118 valence electrons. The first-order valence-electron chi connectivity index (χ1n) is 7.67. The summed E-state index contributed by atoms with van der Waals surface area (Å²) in [5.41, 5.74) is 8.21. The average Bonchev–Trinajstić information content (AvgIpc) is 3.15. The van der Waals surface area contributed by atoms with Crippen LogP contribution in [0.15, 0.2) is 11.9 Å². The Bertz CT molecular complexity index is 695. The SMILES string of the molecule is CCCCCOc1nc(N)nc2c1ncn2/C=C1/CC1CO. The Kier molecular flexibility index (Phi) is 4.24. The Morgan fingerprint density at radius 2 is 2.32 bits per heavy atom. The summed E-state index contributed by atoms with van der Waals surface area (Å²) >= 11 is 0. The lowest BCUT2D eigenvalue weighted by molar-refractivity contribution is 0.281. The van der Waals surface area contributed by atoms with E-state index in [4.69, 9.17) is 15.6 Å². The van der Waals surface area contributed by atoms with Crippen LogP contribution in [0.1, 0.15) is 32.6 Å². The highest BCUT2D eigenvalue weighted by Gasteiger charge is 2.29. The van der Waals surface area contributed by atoms with E-state index in [-0.39, 0.29) is 18.5 Å². The zero-order valence-electron chi connectivity index (χ0n) is 12.7. The van der Waals surface area contributed by atoms with Crippen molar-refractivity contribution in [1.82, 2.24) is 19.5 Å². The van der Waals surface area contributed by atoms with E-state index < -0.39 is 0 Å². The lowest BCUT2D eigenvalue weighted by Crippen LogP contribution is -2.04. The topological polar surface area (TPSA) is 99.1 Å². The second-order valence-electron chi connectivity index (χ2n) is 5.55. The van der Waals surface area contributed by atoms with Crippen LogP contribution in [-0.2, 0) is 0 Å². The van der Waals surface area contributed by atoms with Crippen molar-refractivity contribution >= 4 is 23.3 Å². The molecule has 1 aliphatic carbocycles. The van der Waals surface area contributed by atoms with Gasteiger partial charge in [0, 0.05) is 18.7 Å². The normalized spacial score (nSPS) is 19.0. The molecule has 0 bridgehead atoms. The van der Waals surface area contributed by atoms with Gasteiger partial charge in [-0.1, -0.05) is 19.8 Å². The fourth-order valence-corrected chi connectivity index (χ4v) is 2.37. The minimum Gasteiger partial charge on any atom is -0.476 e. The third-order valence-corrected chi connectivity index (χ3v) is 3.77. The molecule has 7 heteroatoms.